The molecule has 1 saturated heterocycles. The number of carbonyl (C=O) groups excluding carboxylic acids is 2. The SMILES string of the molecule is CC(C)C(=O)N1CCCC1(C)C(=O)NCc1ccc(Cl)cc1. The lowest BCUT2D eigenvalue weighted by Gasteiger charge is -2.35. The molecule has 22 heavy (non-hydrogen) atoms. The van der Waals surface area contributed by atoms with Gasteiger partial charge in [0.15, 0.2) is 0 Å². The highest BCUT2D eigenvalue weighted by Gasteiger charge is 2.45. The van der Waals surface area contributed by atoms with Gasteiger partial charge in [0.25, 0.3) is 0 Å². The minimum atomic E-state index is -0.742. The first-order valence-electron chi connectivity index (χ1n) is 7.69. The number of hydrogen-bond donors (Lipinski definition) is 1. The van der Waals surface area contributed by atoms with E-state index in [1.165, 1.54) is 0 Å². The summed E-state index contributed by atoms with van der Waals surface area (Å²) < 4.78 is 0. The summed E-state index contributed by atoms with van der Waals surface area (Å²) >= 11 is 5.85. The van der Waals surface area contributed by atoms with Gasteiger partial charge in [-0.2, -0.15) is 0 Å². The summed E-state index contributed by atoms with van der Waals surface area (Å²) in [5, 5.41) is 3.62. The molecule has 0 saturated carbocycles. The maximum Gasteiger partial charge on any atom is 0.245 e. The second kappa shape index (κ2) is 6.69. The van der Waals surface area contributed by atoms with Gasteiger partial charge in [-0.25, -0.2) is 0 Å². The lowest BCUT2D eigenvalue weighted by molar-refractivity contribution is -0.146. The van der Waals surface area contributed by atoms with Gasteiger partial charge in [0.2, 0.25) is 11.8 Å². The molecule has 4 nitrogen and oxygen atoms in total. The largest absolute Gasteiger partial charge is 0.350 e. The first-order chi connectivity index (χ1) is 10.3. The van der Waals surface area contributed by atoms with Crippen LogP contribution in [0.5, 0.6) is 0 Å². The van der Waals surface area contributed by atoms with E-state index >= 15 is 0 Å². The highest BCUT2D eigenvalue weighted by atomic mass is 35.5. The molecule has 0 radical (unpaired) electrons. The molecular formula is C17H23ClN2O2. The van der Waals surface area contributed by atoms with E-state index in [-0.39, 0.29) is 17.7 Å². The summed E-state index contributed by atoms with van der Waals surface area (Å²) in [5.74, 6) is -0.142. The Bertz CT molecular complexity index is 556. The van der Waals surface area contributed by atoms with Crippen molar-refractivity contribution in [2.24, 2.45) is 5.92 Å². The van der Waals surface area contributed by atoms with E-state index in [0.29, 0.717) is 24.5 Å². The van der Waals surface area contributed by atoms with Crippen LogP contribution >= 0.6 is 11.6 Å². The lowest BCUT2D eigenvalue weighted by atomic mass is 9.96. The summed E-state index contributed by atoms with van der Waals surface area (Å²) in [4.78, 5) is 26.7. The normalized spacial score (nSPS) is 21.2. The van der Waals surface area contributed by atoms with Crippen LogP contribution < -0.4 is 5.32 Å². The quantitative estimate of drug-likeness (QED) is 0.926. The third-order valence-corrected chi connectivity index (χ3v) is 4.51. The van der Waals surface area contributed by atoms with Crippen molar-refractivity contribution in [3.8, 4) is 0 Å². The predicted molar refractivity (Wildman–Crippen MR) is 87.5 cm³/mol. The average molecular weight is 323 g/mol. The minimum absolute atomic E-state index is 0.0432. The zero-order chi connectivity index (χ0) is 16.3. The Morgan fingerprint density at radius 1 is 1.32 bits per heavy atom. The van der Waals surface area contributed by atoms with Crippen molar-refractivity contribution in [3.05, 3.63) is 34.9 Å². The fourth-order valence-electron chi connectivity index (χ4n) is 2.84. The maximum atomic E-state index is 12.6. The summed E-state index contributed by atoms with van der Waals surface area (Å²) in [6.07, 6.45) is 1.57. The van der Waals surface area contributed by atoms with Gasteiger partial charge in [0, 0.05) is 24.0 Å². The van der Waals surface area contributed by atoms with Crippen molar-refractivity contribution >= 4 is 23.4 Å². The molecular weight excluding hydrogens is 300 g/mol. The molecule has 2 rings (SSSR count). The maximum absolute atomic E-state index is 12.6. The Labute approximate surface area is 136 Å². The van der Waals surface area contributed by atoms with Crippen molar-refractivity contribution < 1.29 is 9.59 Å². The molecule has 1 fully saturated rings. The van der Waals surface area contributed by atoms with Gasteiger partial charge < -0.3 is 10.2 Å². The van der Waals surface area contributed by atoms with Gasteiger partial charge in [0.05, 0.1) is 0 Å². The Hall–Kier alpha value is -1.55. The van der Waals surface area contributed by atoms with Crippen LogP contribution in [0.25, 0.3) is 0 Å². The third-order valence-electron chi connectivity index (χ3n) is 4.26. The second-order valence-electron chi connectivity index (χ2n) is 6.33. The number of likely N-dealkylation sites (tertiary alicyclic amines) is 1. The molecule has 1 aromatic rings. The van der Waals surface area contributed by atoms with Crippen LogP contribution in [0.2, 0.25) is 5.02 Å². The molecule has 1 atom stereocenters. The number of halogens is 1. The van der Waals surface area contributed by atoms with Gasteiger partial charge in [-0.3, -0.25) is 9.59 Å². The van der Waals surface area contributed by atoms with E-state index in [1.54, 1.807) is 17.0 Å². The van der Waals surface area contributed by atoms with Crippen LogP contribution in [-0.4, -0.2) is 28.8 Å². The fraction of sp³-hybridized carbons (Fsp3) is 0.529. The van der Waals surface area contributed by atoms with E-state index in [4.69, 9.17) is 11.6 Å². The molecule has 1 aromatic carbocycles. The number of rotatable bonds is 4. The molecule has 1 aliphatic rings. The van der Waals surface area contributed by atoms with Gasteiger partial charge >= 0.3 is 0 Å². The van der Waals surface area contributed by atoms with E-state index < -0.39 is 5.54 Å². The average Bonchev–Trinajstić information content (AvgIpc) is 2.88. The highest BCUT2D eigenvalue weighted by Crippen LogP contribution is 2.30. The zero-order valence-electron chi connectivity index (χ0n) is 13.4. The summed E-state index contributed by atoms with van der Waals surface area (Å²) in [6.45, 7) is 6.69. The minimum Gasteiger partial charge on any atom is -0.350 e. The van der Waals surface area contributed by atoms with Gasteiger partial charge in [-0.1, -0.05) is 37.6 Å². The number of nitrogens with zero attached hydrogens (tertiary/aromatic N) is 1. The molecule has 1 N–H and O–H groups in total. The van der Waals surface area contributed by atoms with Gasteiger partial charge in [0.1, 0.15) is 5.54 Å². The van der Waals surface area contributed by atoms with Crippen LogP contribution in [-0.2, 0) is 16.1 Å². The lowest BCUT2D eigenvalue weighted by Crippen LogP contribution is -2.56. The molecule has 0 aromatic heterocycles. The molecule has 120 valence electrons. The van der Waals surface area contributed by atoms with E-state index in [9.17, 15) is 9.59 Å². The van der Waals surface area contributed by atoms with E-state index in [2.05, 4.69) is 5.32 Å². The van der Waals surface area contributed by atoms with Gasteiger partial charge in [-0.05, 0) is 37.5 Å². The van der Waals surface area contributed by atoms with Crippen molar-refractivity contribution in [1.82, 2.24) is 10.2 Å². The van der Waals surface area contributed by atoms with E-state index in [1.807, 2.05) is 32.9 Å². The number of carbonyl (C=O) groups is 2. The standard InChI is InChI=1S/C17H23ClN2O2/c1-12(2)15(21)20-10-4-9-17(20,3)16(22)19-11-13-5-7-14(18)8-6-13/h5-8,12H,4,9-11H2,1-3H3,(H,19,22). The summed E-state index contributed by atoms with van der Waals surface area (Å²) in [6, 6.07) is 7.37. The first-order valence-corrected chi connectivity index (χ1v) is 8.06. The Morgan fingerprint density at radius 3 is 2.55 bits per heavy atom. The first kappa shape index (κ1) is 16.8. The Kier molecular flexibility index (Phi) is 5.12. The van der Waals surface area contributed by atoms with Crippen LogP contribution in [0.3, 0.4) is 0 Å². The van der Waals surface area contributed by atoms with Crippen molar-refractivity contribution in [2.45, 2.75) is 45.7 Å². The molecule has 0 bridgehead atoms. The molecule has 1 unspecified atom stereocenters. The summed E-state index contributed by atoms with van der Waals surface area (Å²) in [7, 11) is 0. The molecule has 2 amide bonds. The molecule has 0 aliphatic carbocycles. The number of amides is 2. The fourth-order valence-corrected chi connectivity index (χ4v) is 2.97. The van der Waals surface area contributed by atoms with Crippen molar-refractivity contribution in [3.63, 3.8) is 0 Å². The number of nitrogens with one attached hydrogen (secondary N) is 1. The Morgan fingerprint density at radius 2 is 1.95 bits per heavy atom. The molecule has 1 aliphatic heterocycles. The van der Waals surface area contributed by atoms with Crippen LogP contribution in [0.15, 0.2) is 24.3 Å². The Balaban J connectivity index is 2.03. The second-order valence-corrected chi connectivity index (χ2v) is 6.77. The van der Waals surface area contributed by atoms with Crippen LogP contribution in [0.1, 0.15) is 39.2 Å². The number of hydrogen-bond acceptors (Lipinski definition) is 2. The molecule has 5 heteroatoms. The third kappa shape index (κ3) is 3.43. The molecule has 1 heterocycles. The van der Waals surface area contributed by atoms with Crippen molar-refractivity contribution in [1.29, 1.82) is 0 Å². The van der Waals surface area contributed by atoms with Crippen LogP contribution in [0, 0.1) is 5.92 Å². The number of benzene rings is 1. The predicted octanol–water partition coefficient (Wildman–Crippen LogP) is 2.99. The highest BCUT2D eigenvalue weighted by molar-refractivity contribution is 6.30. The zero-order valence-corrected chi connectivity index (χ0v) is 14.1. The van der Waals surface area contributed by atoms with E-state index in [0.717, 1.165) is 12.0 Å². The van der Waals surface area contributed by atoms with Crippen molar-refractivity contribution in [2.75, 3.05) is 6.54 Å². The van der Waals surface area contributed by atoms with Gasteiger partial charge in [-0.15, -0.1) is 0 Å². The smallest absolute Gasteiger partial charge is 0.245 e. The monoisotopic (exact) mass is 322 g/mol. The van der Waals surface area contributed by atoms with Crippen LogP contribution in [0.4, 0.5) is 0 Å². The topological polar surface area (TPSA) is 49.4 Å². The molecule has 0 spiro atoms. The summed E-state index contributed by atoms with van der Waals surface area (Å²) in [5.41, 5.74) is 0.245.